The van der Waals surface area contributed by atoms with Crippen molar-refractivity contribution in [2.75, 3.05) is 0 Å². The van der Waals surface area contributed by atoms with Gasteiger partial charge in [0.2, 0.25) is 0 Å². The van der Waals surface area contributed by atoms with E-state index in [0.29, 0.717) is 0 Å². The van der Waals surface area contributed by atoms with Gasteiger partial charge in [0.05, 0.1) is 0 Å². The van der Waals surface area contributed by atoms with E-state index in [9.17, 15) is 0 Å². The van der Waals surface area contributed by atoms with Gasteiger partial charge < -0.3 is 0 Å². The van der Waals surface area contributed by atoms with E-state index in [2.05, 4.69) is 155 Å². The van der Waals surface area contributed by atoms with Gasteiger partial charge >= 0.3 is 252 Å². The number of rotatable bonds is 8. The number of fused-ring (bicyclic) bond motifs is 3. The van der Waals surface area contributed by atoms with E-state index in [4.69, 9.17) is 4.26 Å². The molecule has 0 heterocycles. The standard InChI is InChI=1S/C21H25.C6H5.C6H11.C5H5.2CH3.CH2.Hf/c1-20(2,3)16-7-9-18-14(12-16)11-15-13-17(21(4,5)6)8-10-19(15)18;1-2-4-6-5-3-1;1-3-5-6-4-2;1-2-4-5-3-1;;;;/h7-13H,1-6H3;1-5H;3H,1-2,4-6H2;1-5H;2*1H3;1H2;. The second-order valence-corrected chi connectivity index (χ2v) is 65.6. The maximum atomic E-state index is 5.95. The second-order valence-electron chi connectivity index (χ2n) is 18.2. The van der Waals surface area contributed by atoms with Crippen LogP contribution in [0.15, 0.2) is 104 Å². The molecule has 0 atom stereocenters. The molecular formula is C41H54Hf. The van der Waals surface area contributed by atoms with Crippen LogP contribution >= 0.6 is 0 Å². The van der Waals surface area contributed by atoms with Crippen LogP contribution in [0.1, 0.15) is 86.7 Å². The molecule has 0 amide bonds. The molecule has 5 rings (SSSR count). The Morgan fingerprint density at radius 3 is 1.67 bits per heavy atom. The molecule has 3 aromatic carbocycles. The third kappa shape index (κ3) is 4.28. The predicted octanol–water partition coefficient (Wildman–Crippen LogP) is 11.7. The molecule has 0 nitrogen and oxygen atoms in total. The summed E-state index contributed by atoms with van der Waals surface area (Å²) in [5.74, 6) is 0. The van der Waals surface area contributed by atoms with Crippen molar-refractivity contribution in [1.29, 1.82) is 0 Å². The third-order valence-corrected chi connectivity index (χ3v) is 55.8. The van der Waals surface area contributed by atoms with Crippen molar-refractivity contribution in [2.24, 2.45) is 0 Å². The van der Waals surface area contributed by atoms with Gasteiger partial charge in [-0.25, -0.2) is 0 Å². The van der Waals surface area contributed by atoms with Crippen molar-refractivity contribution in [1.82, 2.24) is 0 Å². The molecule has 0 N–H and O–H groups in total. The molecule has 0 radical (unpaired) electrons. The van der Waals surface area contributed by atoms with Crippen LogP contribution in [0.4, 0.5) is 0 Å². The van der Waals surface area contributed by atoms with Crippen LogP contribution in [-0.4, -0.2) is 4.26 Å². The Morgan fingerprint density at radius 1 is 0.714 bits per heavy atom. The average molecular weight is 725 g/mol. The van der Waals surface area contributed by atoms with Gasteiger partial charge in [-0.1, -0.05) is 0 Å². The van der Waals surface area contributed by atoms with Crippen molar-refractivity contribution in [3.8, 4) is 11.1 Å². The molecule has 2 aliphatic rings. The normalized spacial score (nSPS) is 18.1. The molecule has 0 bridgehead atoms. The molecule has 0 saturated heterocycles. The molecule has 1 heteroatoms. The van der Waals surface area contributed by atoms with Crippen LogP contribution in [0.2, 0.25) is 17.2 Å². The van der Waals surface area contributed by atoms with Crippen LogP contribution < -0.4 is 3.32 Å². The Morgan fingerprint density at radius 2 is 1.21 bits per heavy atom. The molecule has 2 aliphatic carbocycles. The SMILES string of the molecule is C=CCCC[CH2][Hf](=[CH2])([CH3])([CH3])([c]1ccccc1)([CH]1C=CC=C1)[CH]1c2cc(C(C)(C)C)ccc2-c2ccc(C(C)(C)C)cc21. The number of hydrogen-bond acceptors (Lipinski definition) is 0. The first-order chi connectivity index (χ1) is 19.4. The Balaban J connectivity index is 2.01. The van der Waals surface area contributed by atoms with E-state index < -0.39 is 15.1 Å². The van der Waals surface area contributed by atoms with Crippen molar-refractivity contribution < 1.29 is 15.1 Å². The van der Waals surface area contributed by atoms with Gasteiger partial charge in [0, 0.05) is 0 Å². The van der Waals surface area contributed by atoms with E-state index in [1.54, 1.807) is 0 Å². The minimum absolute atomic E-state index is 0.0574. The second kappa shape index (κ2) is 9.07. The molecule has 0 spiro atoms. The van der Waals surface area contributed by atoms with Gasteiger partial charge in [0.25, 0.3) is 0 Å². The summed E-state index contributed by atoms with van der Waals surface area (Å²) in [5, 5.41) is 0. The fraction of sp³-hybridized carbons (Fsp3) is 0.390. The van der Waals surface area contributed by atoms with E-state index in [1.807, 2.05) is 0 Å². The summed E-state index contributed by atoms with van der Waals surface area (Å²) >= 11 is -5.71. The molecular weight excluding hydrogens is 671 g/mol. The van der Waals surface area contributed by atoms with Crippen LogP contribution in [0.5, 0.6) is 0 Å². The molecule has 42 heavy (non-hydrogen) atoms. The summed E-state index contributed by atoms with van der Waals surface area (Å²) in [6, 6.07) is 26.4. The van der Waals surface area contributed by atoms with Crippen LogP contribution in [0.25, 0.3) is 11.1 Å². The summed E-state index contributed by atoms with van der Waals surface area (Å²) in [7, 11) is 0. The van der Waals surface area contributed by atoms with Gasteiger partial charge in [-0.3, -0.25) is 0 Å². The zero-order chi connectivity index (χ0) is 30.7. The van der Waals surface area contributed by atoms with E-state index in [0.717, 1.165) is 23.4 Å². The average Bonchev–Trinajstić information content (AvgIpc) is 3.59. The van der Waals surface area contributed by atoms with Crippen molar-refractivity contribution >= 4 is 7.58 Å². The molecule has 0 fully saturated rings. The number of allylic oxidation sites excluding steroid dienone is 5. The summed E-state index contributed by atoms with van der Waals surface area (Å²) in [6.45, 7) is 18.1. The first kappa shape index (κ1) is 31.1. The van der Waals surface area contributed by atoms with Crippen LogP contribution in [-0.2, 0) is 25.9 Å². The first-order valence-electron chi connectivity index (χ1n) is 16.2. The number of hydrogen-bond donors (Lipinski definition) is 0. The quantitative estimate of drug-likeness (QED) is 0.123. The van der Waals surface area contributed by atoms with Crippen molar-refractivity contribution in [2.45, 2.75) is 92.5 Å². The van der Waals surface area contributed by atoms with Gasteiger partial charge in [-0.2, -0.15) is 0 Å². The zero-order valence-electron chi connectivity index (χ0n) is 27.6. The minimum atomic E-state index is -5.71. The first-order valence-corrected chi connectivity index (χ1v) is 34.4. The molecule has 0 saturated carbocycles. The fourth-order valence-electron chi connectivity index (χ4n) is 9.28. The Labute approximate surface area is 250 Å². The monoisotopic (exact) mass is 726 g/mol. The molecule has 0 aromatic heterocycles. The Bertz CT molecular complexity index is 1660. The Kier molecular flexibility index (Phi) is 6.71. The van der Waals surface area contributed by atoms with Gasteiger partial charge in [-0.05, 0) is 0 Å². The van der Waals surface area contributed by atoms with Crippen LogP contribution in [0.3, 0.4) is 0 Å². The van der Waals surface area contributed by atoms with E-state index in [1.165, 1.54) is 36.7 Å². The summed E-state index contributed by atoms with van der Waals surface area (Å²) in [4.78, 5) is 0. The summed E-state index contributed by atoms with van der Waals surface area (Å²) < 4.78 is 14.5. The van der Waals surface area contributed by atoms with Crippen molar-refractivity contribution in [3.63, 3.8) is 0 Å². The van der Waals surface area contributed by atoms with Crippen molar-refractivity contribution in [3.05, 3.63) is 126 Å². The maximum absolute atomic E-state index is 5.95. The topological polar surface area (TPSA) is 0 Å². The Hall–Kier alpha value is -2.38. The number of unbranched alkanes of at least 4 members (excludes halogenated alkanes) is 2. The van der Waals surface area contributed by atoms with Gasteiger partial charge in [0.1, 0.15) is 0 Å². The van der Waals surface area contributed by atoms with E-state index in [-0.39, 0.29) is 18.2 Å². The predicted molar refractivity (Wildman–Crippen MR) is 187 cm³/mol. The number of benzene rings is 3. The van der Waals surface area contributed by atoms with Gasteiger partial charge in [0.15, 0.2) is 0 Å². The summed E-state index contributed by atoms with van der Waals surface area (Å²) in [6.07, 6.45) is 15.0. The third-order valence-electron chi connectivity index (χ3n) is 12.3. The molecule has 222 valence electrons. The van der Waals surface area contributed by atoms with E-state index >= 15 is 0 Å². The summed E-state index contributed by atoms with van der Waals surface area (Å²) in [5.41, 5.74) is 8.72. The molecule has 0 unspecified atom stereocenters. The molecule has 0 aliphatic heterocycles. The van der Waals surface area contributed by atoms with Crippen LogP contribution in [0, 0.1) is 0 Å². The fourth-order valence-corrected chi connectivity index (χ4v) is 47.9. The van der Waals surface area contributed by atoms with Gasteiger partial charge in [-0.15, -0.1) is 0 Å². The zero-order valence-corrected chi connectivity index (χ0v) is 31.2. The molecule has 3 aromatic rings.